The number of ether oxygens (including phenoxy) is 1. The minimum Gasteiger partial charge on any atom is -0.373 e. The molecule has 0 spiro atoms. The molecule has 1 aliphatic heterocycles. The highest BCUT2D eigenvalue weighted by Gasteiger charge is 2.37. The van der Waals surface area contributed by atoms with Crippen molar-refractivity contribution >= 4 is 5.91 Å². The predicted molar refractivity (Wildman–Crippen MR) is 94.3 cm³/mol. The first-order valence-electron chi connectivity index (χ1n) is 8.43. The molecule has 3 heterocycles. The monoisotopic (exact) mass is 343 g/mol. The molecule has 1 fully saturated rings. The van der Waals surface area contributed by atoms with Gasteiger partial charge in [0.25, 0.3) is 5.91 Å². The molecule has 0 unspecified atom stereocenters. The minimum atomic E-state index is -0.169. The fourth-order valence-electron chi connectivity index (χ4n) is 3.30. The number of carbonyl (C=O) groups is 1. The number of carbonyl (C=O) groups excluding carboxylic acids is 1. The molecule has 2 atom stereocenters. The van der Waals surface area contributed by atoms with Crippen molar-refractivity contribution in [2.75, 3.05) is 33.8 Å². The van der Waals surface area contributed by atoms with Crippen LogP contribution in [0.25, 0.3) is 0 Å². The van der Waals surface area contributed by atoms with Gasteiger partial charge >= 0.3 is 0 Å². The van der Waals surface area contributed by atoms with Gasteiger partial charge in [0.2, 0.25) is 0 Å². The van der Waals surface area contributed by atoms with Gasteiger partial charge in [-0.15, -0.1) is 0 Å². The smallest absolute Gasteiger partial charge is 0.256 e. The Morgan fingerprint density at radius 1 is 1.36 bits per heavy atom. The molecular weight excluding hydrogens is 318 g/mol. The molecule has 1 amide bonds. The molecule has 2 aromatic rings. The lowest BCUT2D eigenvalue weighted by Gasteiger charge is -2.41. The van der Waals surface area contributed by atoms with E-state index in [1.807, 2.05) is 51.4 Å². The molecule has 0 radical (unpaired) electrons. The Morgan fingerprint density at radius 3 is 2.80 bits per heavy atom. The van der Waals surface area contributed by atoms with Gasteiger partial charge in [-0.2, -0.15) is 5.10 Å². The van der Waals surface area contributed by atoms with Crippen molar-refractivity contribution < 1.29 is 9.53 Å². The number of hydrogen-bond donors (Lipinski definition) is 0. The first-order valence-corrected chi connectivity index (χ1v) is 8.43. The van der Waals surface area contributed by atoms with E-state index in [1.54, 1.807) is 17.1 Å². The minimum absolute atomic E-state index is 0.0166. The lowest BCUT2D eigenvalue weighted by Crippen LogP contribution is -2.51. The molecule has 0 aromatic carbocycles. The normalized spacial score (nSPS) is 20.9. The van der Waals surface area contributed by atoms with Crippen LogP contribution in [0.2, 0.25) is 0 Å². The highest BCUT2D eigenvalue weighted by molar-refractivity contribution is 5.94. The Kier molecular flexibility index (Phi) is 5.15. The van der Waals surface area contributed by atoms with Gasteiger partial charge in [-0.1, -0.05) is 0 Å². The summed E-state index contributed by atoms with van der Waals surface area (Å²) >= 11 is 0. The van der Waals surface area contributed by atoms with Crippen molar-refractivity contribution in [2.24, 2.45) is 7.05 Å². The third-order valence-electron chi connectivity index (χ3n) is 4.35. The van der Waals surface area contributed by atoms with Gasteiger partial charge in [0, 0.05) is 44.3 Å². The summed E-state index contributed by atoms with van der Waals surface area (Å²) < 4.78 is 7.77. The van der Waals surface area contributed by atoms with Crippen LogP contribution >= 0.6 is 0 Å². The summed E-state index contributed by atoms with van der Waals surface area (Å²) in [6.45, 7) is 3.75. The molecule has 1 aliphatic rings. The second-order valence-corrected chi connectivity index (χ2v) is 6.81. The maximum absolute atomic E-state index is 13.2. The topological polar surface area (TPSA) is 63.5 Å². The summed E-state index contributed by atoms with van der Waals surface area (Å²) in [6.07, 6.45) is 7.05. The van der Waals surface area contributed by atoms with Gasteiger partial charge in [-0.05, 0) is 32.6 Å². The van der Waals surface area contributed by atoms with E-state index >= 15 is 0 Å². The lowest BCUT2D eigenvalue weighted by atomic mass is 9.99. The van der Waals surface area contributed by atoms with Gasteiger partial charge in [0.15, 0.2) is 0 Å². The van der Waals surface area contributed by atoms with Gasteiger partial charge in [-0.25, -0.2) is 0 Å². The van der Waals surface area contributed by atoms with Crippen molar-refractivity contribution in [2.45, 2.75) is 19.1 Å². The molecule has 0 N–H and O–H groups in total. The molecule has 134 valence electrons. The molecule has 2 aromatic heterocycles. The molecule has 25 heavy (non-hydrogen) atoms. The zero-order chi connectivity index (χ0) is 18.0. The largest absolute Gasteiger partial charge is 0.373 e. The molecule has 3 rings (SSSR count). The van der Waals surface area contributed by atoms with Crippen LogP contribution in [0.15, 0.2) is 30.9 Å². The van der Waals surface area contributed by atoms with E-state index in [4.69, 9.17) is 4.74 Å². The summed E-state index contributed by atoms with van der Waals surface area (Å²) in [5, 5.41) is 4.28. The molecule has 0 bridgehead atoms. The van der Waals surface area contributed by atoms with Gasteiger partial charge in [0.1, 0.15) is 0 Å². The number of amides is 1. The van der Waals surface area contributed by atoms with Crippen LogP contribution in [0.3, 0.4) is 0 Å². The molecule has 0 saturated carbocycles. The van der Waals surface area contributed by atoms with Crippen LogP contribution in [0, 0.1) is 6.92 Å². The summed E-state index contributed by atoms with van der Waals surface area (Å²) in [6, 6.07) is 1.71. The fourth-order valence-corrected chi connectivity index (χ4v) is 3.30. The van der Waals surface area contributed by atoms with Crippen LogP contribution in [-0.2, 0) is 11.8 Å². The van der Waals surface area contributed by atoms with Crippen LogP contribution < -0.4 is 0 Å². The molecule has 7 heteroatoms. The summed E-state index contributed by atoms with van der Waals surface area (Å²) in [4.78, 5) is 21.3. The van der Waals surface area contributed by atoms with Crippen LogP contribution in [0.4, 0.5) is 0 Å². The summed E-state index contributed by atoms with van der Waals surface area (Å²) in [5.74, 6) is -0.0166. The highest BCUT2D eigenvalue weighted by atomic mass is 16.5. The first kappa shape index (κ1) is 17.6. The van der Waals surface area contributed by atoms with Crippen molar-refractivity contribution in [1.29, 1.82) is 0 Å². The zero-order valence-electron chi connectivity index (χ0n) is 15.2. The van der Waals surface area contributed by atoms with Crippen molar-refractivity contribution in [3.05, 3.63) is 47.5 Å². The Labute approximate surface area is 148 Å². The number of morpholine rings is 1. The first-order chi connectivity index (χ1) is 12.0. The molecular formula is C18H25N5O2. The van der Waals surface area contributed by atoms with E-state index in [0.717, 1.165) is 17.7 Å². The summed E-state index contributed by atoms with van der Waals surface area (Å²) in [7, 11) is 5.90. The number of rotatable bonds is 4. The number of likely N-dealkylation sites (N-methyl/N-ethyl adjacent to an activating group) is 1. The van der Waals surface area contributed by atoms with Crippen LogP contribution in [-0.4, -0.2) is 70.4 Å². The molecule has 1 saturated heterocycles. The molecule has 7 nitrogen and oxygen atoms in total. The SMILES string of the molecule is Cc1cncc(C(=O)N2CCO[C@@H](CN(C)C)[C@@H]2c2cnn(C)c2)c1. The Morgan fingerprint density at radius 2 is 2.16 bits per heavy atom. The van der Waals surface area contributed by atoms with Gasteiger partial charge < -0.3 is 14.5 Å². The Balaban J connectivity index is 1.95. The van der Waals surface area contributed by atoms with E-state index < -0.39 is 0 Å². The second kappa shape index (κ2) is 7.33. The Hall–Kier alpha value is -2.25. The van der Waals surface area contributed by atoms with Gasteiger partial charge in [-0.3, -0.25) is 14.5 Å². The average molecular weight is 343 g/mol. The number of nitrogens with zero attached hydrogens (tertiary/aromatic N) is 5. The van der Waals surface area contributed by atoms with Crippen molar-refractivity contribution in [3.8, 4) is 0 Å². The van der Waals surface area contributed by atoms with E-state index in [-0.39, 0.29) is 18.1 Å². The third kappa shape index (κ3) is 3.88. The number of pyridine rings is 1. The lowest BCUT2D eigenvalue weighted by molar-refractivity contribution is -0.0684. The van der Waals surface area contributed by atoms with E-state index in [1.165, 1.54) is 0 Å². The third-order valence-corrected chi connectivity index (χ3v) is 4.35. The average Bonchev–Trinajstić information content (AvgIpc) is 2.99. The van der Waals surface area contributed by atoms with Crippen LogP contribution in [0.5, 0.6) is 0 Å². The second-order valence-electron chi connectivity index (χ2n) is 6.81. The van der Waals surface area contributed by atoms with E-state index in [2.05, 4.69) is 15.0 Å². The van der Waals surface area contributed by atoms with Gasteiger partial charge in [0.05, 0.1) is 30.5 Å². The number of aromatic nitrogens is 3. The quantitative estimate of drug-likeness (QED) is 0.836. The number of hydrogen-bond acceptors (Lipinski definition) is 5. The van der Waals surface area contributed by atoms with Crippen molar-refractivity contribution in [3.63, 3.8) is 0 Å². The predicted octanol–water partition coefficient (Wildman–Crippen LogP) is 1.27. The standard InChI is InChI=1S/C18H25N5O2/c1-13-7-14(9-19-8-13)18(24)23-5-6-25-16(12-21(2)3)17(23)15-10-20-22(4)11-15/h7-11,16-17H,5-6,12H2,1-4H3/t16-,17-/m0/s1. The van der Waals surface area contributed by atoms with Crippen molar-refractivity contribution in [1.82, 2.24) is 24.6 Å². The number of aryl methyl sites for hydroxylation is 2. The summed E-state index contributed by atoms with van der Waals surface area (Å²) in [5.41, 5.74) is 2.57. The highest BCUT2D eigenvalue weighted by Crippen LogP contribution is 2.31. The van der Waals surface area contributed by atoms with E-state index in [9.17, 15) is 4.79 Å². The maximum atomic E-state index is 13.2. The maximum Gasteiger partial charge on any atom is 0.256 e. The van der Waals surface area contributed by atoms with Crippen LogP contribution in [0.1, 0.15) is 27.5 Å². The van der Waals surface area contributed by atoms with E-state index in [0.29, 0.717) is 18.7 Å². The zero-order valence-corrected chi connectivity index (χ0v) is 15.2. The molecule has 0 aliphatic carbocycles. The Bertz CT molecular complexity index is 743. The fraction of sp³-hybridized carbons (Fsp3) is 0.500.